The highest BCUT2D eigenvalue weighted by Crippen LogP contribution is 2.38. The molecule has 0 aliphatic heterocycles. The molecule has 0 saturated carbocycles. The van der Waals surface area contributed by atoms with Crippen molar-refractivity contribution in [3.63, 3.8) is 0 Å². The number of nitrogens with one attached hydrogen (secondary N) is 2. The SMILES string of the molecule is Cc1ccc(-c2cc(C(=O)Nc3sc4c(c3C(=O)NCc3ccccc3)CCCC4)no2)cc1C. The molecule has 4 aromatic rings. The number of rotatable bonds is 6. The Bertz CT molecular complexity index is 1390. The van der Waals surface area contributed by atoms with E-state index in [4.69, 9.17) is 4.52 Å². The van der Waals surface area contributed by atoms with Crippen molar-refractivity contribution in [1.29, 1.82) is 0 Å². The number of anilines is 1. The lowest BCUT2D eigenvalue weighted by molar-refractivity contribution is 0.0951. The minimum Gasteiger partial charge on any atom is -0.355 e. The number of carbonyl (C=O) groups is 2. The minimum atomic E-state index is -0.389. The summed E-state index contributed by atoms with van der Waals surface area (Å²) in [5.41, 5.74) is 6.03. The topological polar surface area (TPSA) is 84.2 Å². The van der Waals surface area contributed by atoms with Gasteiger partial charge in [0.05, 0.1) is 5.56 Å². The second-order valence-corrected chi connectivity index (χ2v) is 10.0. The highest BCUT2D eigenvalue weighted by atomic mass is 32.1. The van der Waals surface area contributed by atoms with Crippen LogP contribution in [0.3, 0.4) is 0 Å². The van der Waals surface area contributed by atoms with E-state index in [9.17, 15) is 9.59 Å². The molecule has 2 amide bonds. The van der Waals surface area contributed by atoms with Gasteiger partial charge in [0.25, 0.3) is 11.8 Å². The summed E-state index contributed by atoms with van der Waals surface area (Å²) >= 11 is 1.49. The van der Waals surface area contributed by atoms with Crippen LogP contribution in [0, 0.1) is 13.8 Å². The third kappa shape index (κ3) is 4.91. The quantitative estimate of drug-likeness (QED) is 0.347. The first-order valence-electron chi connectivity index (χ1n) is 11.8. The Hall–Kier alpha value is -3.71. The molecule has 178 valence electrons. The predicted octanol–water partition coefficient (Wildman–Crippen LogP) is 6.08. The van der Waals surface area contributed by atoms with Gasteiger partial charge in [-0.05, 0) is 67.9 Å². The maximum Gasteiger partial charge on any atom is 0.278 e. The normalized spacial score (nSPS) is 12.7. The number of carbonyl (C=O) groups excluding carboxylic acids is 2. The lowest BCUT2D eigenvalue weighted by Crippen LogP contribution is -2.25. The van der Waals surface area contributed by atoms with E-state index in [-0.39, 0.29) is 17.5 Å². The molecule has 0 radical (unpaired) electrons. The van der Waals surface area contributed by atoms with Gasteiger partial charge in [-0.25, -0.2) is 0 Å². The van der Waals surface area contributed by atoms with E-state index in [0.717, 1.165) is 47.9 Å². The Kier molecular flexibility index (Phi) is 6.51. The maximum atomic E-state index is 13.2. The van der Waals surface area contributed by atoms with Gasteiger partial charge < -0.3 is 15.2 Å². The monoisotopic (exact) mass is 485 g/mol. The van der Waals surface area contributed by atoms with Crippen molar-refractivity contribution in [3.8, 4) is 11.3 Å². The Labute approximate surface area is 208 Å². The van der Waals surface area contributed by atoms with E-state index in [2.05, 4.69) is 15.8 Å². The van der Waals surface area contributed by atoms with Gasteiger partial charge in [0, 0.05) is 23.1 Å². The fourth-order valence-corrected chi connectivity index (χ4v) is 5.62. The van der Waals surface area contributed by atoms with Gasteiger partial charge in [0.15, 0.2) is 11.5 Å². The van der Waals surface area contributed by atoms with Crippen molar-refractivity contribution in [2.24, 2.45) is 0 Å². The highest BCUT2D eigenvalue weighted by Gasteiger charge is 2.27. The van der Waals surface area contributed by atoms with Gasteiger partial charge in [-0.2, -0.15) is 0 Å². The molecule has 1 aliphatic carbocycles. The first kappa shape index (κ1) is 23.1. The Morgan fingerprint density at radius 3 is 2.57 bits per heavy atom. The Morgan fingerprint density at radius 1 is 0.971 bits per heavy atom. The van der Waals surface area contributed by atoms with Crippen LogP contribution in [0.25, 0.3) is 11.3 Å². The minimum absolute atomic E-state index is 0.167. The molecular weight excluding hydrogens is 458 g/mol. The smallest absolute Gasteiger partial charge is 0.278 e. The fourth-order valence-electron chi connectivity index (χ4n) is 4.34. The summed E-state index contributed by atoms with van der Waals surface area (Å²) in [6.07, 6.45) is 3.90. The van der Waals surface area contributed by atoms with Crippen LogP contribution in [0.4, 0.5) is 5.00 Å². The molecule has 0 saturated heterocycles. The average Bonchev–Trinajstić information content (AvgIpc) is 3.50. The van der Waals surface area contributed by atoms with Crippen molar-refractivity contribution in [1.82, 2.24) is 10.5 Å². The highest BCUT2D eigenvalue weighted by molar-refractivity contribution is 7.17. The number of fused-ring (bicyclic) bond motifs is 1. The molecule has 2 heterocycles. The number of nitrogens with zero attached hydrogens (tertiary/aromatic N) is 1. The van der Waals surface area contributed by atoms with Crippen molar-refractivity contribution in [2.45, 2.75) is 46.1 Å². The van der Waals surface area contributed by atoms with Gasteiger partial charge in [-0.3, -0.25) is 9.59 Å². The molecule has 2 aromatic heterocycles. The average molecular weight is 486 g/mol. The third-order valence-corrected chi connectivity index (χ3v) is 7.66. The Morgan fingerprint density at radius 2 is 1.77 bits per heavy atom. The van der Waals surface area contributed by atoms with Crippen LogP contribution in [0.2, 0.25) is 0 Å². The van der Waals surface area contributed by atoms with Crippen LogP contribution in [0.1, 0.15) is 60.8 Å². The summed E-state index contributed by atoms with van der Waals surface area (Å²) in [6.45, 7) is 4.51. The second-order valence-electron chi connectivity index (χ2n) is 8.91. The molecule has 0 unspecified atom stereocenters. The number of aryl methyl sites for hydroxylation is 3. The summed E-state index contributed by atoms with van der Waals surface area (Å²) in [5.74, 6) is -0.0244. The molecule has 5 rings (SSSR count). The summed E-state index contributed by atoms with van der Waals surface area (Å²) in [5, 5.41) is 10.5. The molecule has 1 aliphatic rings. The van der Waals surface area contributed by atoms with E-state index in [0.29, 0.717) is 22.9 Å². The lowest BCUT2D eigenvalue weighted by atomic mass is 9.95. The summed E-state index contributed by atoms with van der Waals surface area (Å²) in [4.78, 5) is 27.5. The first-order chi connectivity index (χ1) is 17.0. The zero-order valence-electron chi connectivity index (χ0n) is 19.8. The number of benzene rings is 2. The van der Waals surface area contributed by atoms with E-state index < -0.39 is 0 Å². The lowest BCUT2D eigenvalue weighted by Gasteiger charge is -2.13. The molecule has 7 heteroatoms. The van der Waals surface area contributed by atoms with Crippen LogP contribution >= 0.6 is 11.3 Å². The molecule has 2 aromatic carbocycles. The van der Waals surface area contributed by atoms with Gasteiger partial charge in [-0.15, -0.1) is 11.3 Å². The van der Waals surface area contributed by atoms with Crippen LogP contribution in [-0.2, 0) is 19.4 Å². The number of amides is 2. The standard InChI is InChI=1S/C28H27N3O3S/c1-17-12-13-20(14-18(17)2)23-15-22(31-34-23)26(32)30-28-25(21-10-6-7-11-24(21)35-28)27(33)29-16-19-8-4-3-5-9-19/h3-5,8-9,12-15H,6-7,10-11,16H2,1-2H3,(H,29,33)(H,30,32). The summed E-state index contributed by atoms with van der Waals surface area (Å²) < 4.78 is 5.46. The molecular formula is C28H27N3O3S. The number of hydrogen-bond acceptors (Lipinski definition) is 5. The van der Waals surface area contributed by atoms with Crippen molar-refractivity contribution < 1.29 is 14.1 Å². The molecule has 35 heavy (non-hydrogen) atoms. The number of thiophene rings is 1. The van der Waals surface area contributed by atoms with Crippen molar-refractivity contribution >= 4 is 28.2 Å². The Balaban J connectivity index is 1.37. The van der Waals surface area contributed by atoms with Gasteiger partial charge in [0.2, 0.25) is 0 Å². The predicted molar refractivity (Wildman–Crippen MR) is 138 cm³/mol. The van der Waals surface area contributed by atoms with Gasteiger partial charge in [0.1, 0.15) is 5.00 Å². The second kappa shape index (κ2) is 9.88. The molecule has 2 N–H and O–H groups in total. The van der Waals surface area contributed by atoms with E-state index in [1.807, 2.05) is 62.4 Å². The summed E-state index contributed by atoms with van der Waals surface area (Å²) in [7, 11) is 0. The zero-order valence-corrected chi connectivity index (χ0v) is 20.6. The molecule has 0 atom stereocenters. The van der Waals surface area contributed by atoms with Crippen molar-refractivity contribution in [2.75, 3.05) is 5.32 Å². The van der Waals surface area contributed by atoms with E-state index >= 15 is 0 Å². The molecule has 0 fully saturated rings. The molecule has 0 spiro atoms. The fraction of sp³-hybridized carbons (Fsp3) is 0.250. The largest absolute Gasteiger partial charge is 0.355 e. The van der Waals surface area contributed by atoms with Crippen LogP contribution < -0.4 is 10.6 Å². The van der Waals surface area contributed by atoms with Crippen LogP contribution in [0.15, 0.2) is 59.1 Å². The first-order valence-corrected chi connectivity index (χ1v) is 12.6. The van der Waals surface area contributed by atoms with Crippen LogP contribution in [0.5, 0.6) is 0 Å². The van der Waals surface area contributed by atoms with Crippen molar-refractivity contribution in [3.05, 3.63) is 93.0 Å². The molecule has 6 nitrogen and oxygen atoms in total. The van der Waals surface area contributed by atoms with Gasteiger partial charge in [-0.1, -0.05) is 47.6 Å². The number of aromatic nitrogens is 1. The number of hydrogen-bond donors (Lipinski definition) is 2. The van der Waals surface area contributed by atoms with Crippen LogP contribution in [-0.4, -0.2) is 17.0 Å². The van der Waals surface area contributed by atoms with E-state index in [1.165, 1.54) is 21.8 Å². The zero-order chi connectivity index (χ0) is 24.4. The van der Waals surface area contributed by atoms with E-state index in [1.54, 1.807) is 6.07 Å². The third-order valence-electron chi connectivity index (χ3n) is 6.46. The summed E-state index contributed by atoms with van der Waals surface area (Å²) in [6, 6.07) is 17.4. The maximum absolute atomic E-state index is 13.2. The van der Waals surface area contributed by atoms with Gasteiger partial charge >= 0.3 is 0 Å². The molecule has 0 bridgehead atoms.